The molecule has 1 N–H and O–H groups in total. The third-order valence-electron chi connectivity index (χ3n) is 4.20. The molecule has 0 aliphatic carbocycles. The second-order valence-electron chi connectivity index (χ2n) is 6.52. The molecule has 1 saturated heterocycles. The summed E-state index contributed by atoms with van der Waals surface area (Å²) in [7, 11) is 0. The summed E-state index contributed by atoms with van der Waals surface area (Å²) in [5.41, 5.74) is 1.04. The number of nitrogens with zero attached hydrogens (tertiary/aromatic N) is 1. The van der Waals surface area contributed by atoms with Gasteiger partial charge in [0.15, 0.2) is 11.5 Å². The first-order valence-electron chi connectivity index (χ1n) is 9.72. The number of hydrogen-bond donors (Lipinski definition) is 1. The number of carbonyl (C=O) groups is 3. The zero-order valence-electron chi connectivity index (χ0n) is 17.3. The quantitative estimate of drug-likeness (QED) is 0.490. The Labute approximate surface area is 199 Å². The van der Waals surface area contributed by atoms with E-state index in [1.807, 2.05) is 13.8 Å². The summed E-state index contributed by atoms with van der Waals surface area (Å²) in [6, 6.07) is 9.87. The highest BCUT2D eigenvalue weighted by molar-refractivity contribution is 8.18. The van der Waals surface area contributed by atoms with Crippen LogP contribution in [-0.2, 0) is 9.59 Å². The maximum absolute atomic E-state index is 12.8. The van der Waals surface area contributed by atoms with E-state index < -0.39 is 23.6 Å². The van der Waals surface area contributed by atoms with Gasteiger partial charge < -0.3 is 14.8 Å². The first-order valence-corrected chi connectivity index (χ1v) is 11.3. The van der Waals surface area contributed by atoms with Gasteiger partial charge in [0.05, 0.1) is 23.1 Å². The Morgan fingerprint density at radius 1 is 1.12 bits per heavy atom. The Morgan fingerprint density at radius 3 is 2.56 bits per heavy atom. The van der Waals surface area contributed by atoms with E-state index in [-0.39, 0.29) is 4.91 Å². The van der Waals surface area contributed by atoms with Gasteiger partial charge in [-0.2, -0.15) is 0 Å². The minimum atomic E-state index is -0.566. The first-order chi connectivity index (χ1) is 15.3. The number of ether oxygens (including phenoxy) is 2. The molecular weight excluding hydrogens is 475 g/mol. The third-order valence-corrected chi connectivity index (χ3v) is 5.63. The van der Waals surface area contributed by atoms with Gasteiger partial charge in [-0.15, -0.1) is 0 Å². The third kappa shape index (κ3) is 5.76. The summed E-state index contributed by atoms with van der Waals surface area (Å²) < 4.78 is 11.1. The minimum Gasteiger partial charge on any atom is -0.490 e. The largest absolute Gasteiger partial charge is 0.490 e. The molecular formula is C22H20Cl2N2O5S. The molecule has 0 bridgehead atoms. The molecule has 0 saturated carbocycles. The lowest BCUT2D eigenvalue weighted by molar-refractivity contribution is -0.127. The summed E-state index contributed by atoms with van der Waals surface area (Å²) in [5.74, 6) is -0.227. The van der Waals surface area contributed by atoms with E-state index in [0.717, 1.165) is 16.7 Å². The van der Waals surface area contributed by atoms with E-state index in [9.17, 15) is 14.4 Å². The SMILES string of the molecule is CCOc1cc(/C=C2/SC(=O)N(CC(=O)Nc3cccc(Cl)c3)C2=O)cc(Cl)c1OCC. The number of halogens is 2. The molecule has 168 valence electrons. The van der Waals surface area contributed by atoms with Gasteiger partial charge in [0.25, 0.3) is 11.1 Å². The molecule has 1 aliphatic heterocycles. The van der Waals surface area contributed by atoms with Crippen molar-refractivity contribution >= 4 is 63.8 Å². The smallest absolute Gasteiger partial charge is 0.294 e. The fraction of sp³-hybridized carbons (Fsp3) is 0.227. The number of anilines is 1. The van der Waals surface area contributed by atoms with Crippen molar-refractivity contribution in [2.75, 3.05) is 25.1 Å². The zero-order chi connectivity index (χ0) is 23.3. The number of thioether (sulfide) groups is 1. The molecule has 0 aromatic heterocycles. The van der Waals surface area contributed by atoms with E-state index in [4.69, 9.17) is 32.7 Å². The van der Waals surface area contributed by atoms with Gasteiger partial charge >= 0.3 is 0 Å². The number of rotatable bonds is 8. The van der Waals surface area contributed by atoms with Crippen LogP contribution >= 0.6 is 35.0 Å². The number of imide groups is 1. The van der Waals surface area contributed by atoms with Crippen LogP contribution in [0.4, 0.5) is 10.5 Å². The van der Waals surface area contributed by atoms with Gasteiger partial charge in [-0.1, -0.05) is 29.3 Å². The first kappa shape index (κ1) is 24.0. The van der Waals surface area contributed by atoms with Crippen LogP contribution in [0.15, 0.2) is 41.3 Å². The van der Waals surface area contributed by atoms with Crippen LogP contribution in [0.3, 0.4) is 0 Å². The molecule has 0 unspecified atom stereocenters. The number of amides is 3. The summed E-state index contributed by atoms with van der Waals surface area (Å²) in [6.45, 7) is 4.06. The van der Waals surface area contributed by atoms with Crippen molar-refractivity contribution in [3.63, 3.8) is 0 Å². The molecule has 7 nitrogen and oxygen atoms in total. The summed E-state index contributed by atoms with van der Waals surface area (Å²) in [6.07, 6.45) is 1.53. The van der Waals surface area contributed by atoms with Crippen molar-refractivity contribution in [1.29, 1.82) is 0 Å². The molecule has 2 aromatic rings. The van der Waals surface area contributed by atoms with E-state index >= 15 is 0 Å². The molecule has 1 heterocycles. The molecule has 10 heteroatoms. The Hall–Kier alpha value is -2.68. The van der Waals surface area contributed by atoms with Gasteiger partial charge in [-0.3, -0.25) is 19.3 Å². The molecule has 1 fully saturated rings. The van der Waals surface area contributed by atoms with Gasteiger partial charge in [-0.05, 0) is 67.6 Å². The predicted molar refractivity (Wildman–Crippen MR) is 127 cm³/mol. The predicted octanol–water partition coefficient (Wildman–Crippen LogP) is 5.47. The number of benzene rings is 2. The maximum atomic E-state index is 12.8. The van der Waals surface area contributed by atoms with Gasteiger partial charge in [-0.25, -0.2) is 0 Å². The average Bonchev–Trinajstić information content (AvgIpc) is 2.98. The maximum Gasteiger partial charge on any atom is 0.294 e. The minimum absolute atomic E-state index is 0.174. The number of nitrogens with one attached hydrogen (secondary N) is 1. The van der Waals surface area contributed by atoms with Crippen LogP contribution in [0, 0.1) is 0 Å². The van der Waals surface area contributed by atoms with E-state index in [2.05, 4.69) is 5.32 Å². The van der Waals surface area contributed by atoms with Crippen molar-refractivity contribution in [3.8, 4) is 11.5 Å². The second-order valence-corrected chi connectivity index (χ2v) is 8.36. The summed E-state index contributed by atoms with van der Waals surface area (Å²) in [5, 5.41) is 2.86. The van der Waals surface area contributed by atoms with E-state index in [0.29, 0.717) is 46.0 Å². The Balaban J connectivity index is 1.77. The topological polar surface area (TPSA) is 84.9 Å². The summed E-state index contributed by atoms with van der Waals surface area (Å²) >= 11 is 13.0. The van der Waals surface area contributed by atoms with Crippen molar-refractivity contribution in [2.24, 2.45) is 0 Å². The standard InChI is InChI=1S/C22H20Cl2N2O5S/c1-3-30-17-9-13(8-16(24)20(17)31-4-2)10-18-21(28)26(22(29)32-18)12-19(27)25-15-7-5-6-14(23)11-15/h5-11H,3-4,12H2,1-2H3,(H,25,27)/b18-10+. The monoisotopic (exact) mass is 494 g/mol. The lowest BCUT2D eigenvalue weighted by Gasteiger charge is -2.13. The van der Waals surface area contributed by atoms with Gasteiger partial charge in [0, 0.05) is 10.7 Å². The van der Waals surface area contributed by atoms with Crippen LogP contribution in [-0.4, -0.2) is 41.7 Å². The number of carbonyl (C=O) groups excluding carboxylic acids is 3. The zero-order valence-corrected chi connectivity index (χ0v) is 19.6. The molecule has 2 aromatic carbocycles. The Morgan fingerprint density at radius 2 is 1.88 bits per heavy atom. The molecule has 32 heavy (non-hydrogen) atoms. The fourth-order valence-corrected chi connectivity index (χ4v) is 4.22. The fourth-order valence-electron chi connectivity index (χ4n) is 2.92. The van der Waals surface area contributed by atoms with Gasteiger partial charge in [0.2, 0.25) is 5.91 Å². The average molecular weight is 495 g/mol. The van der Waals surface area contributed by atoms with Crippen LogP contribution < -0.4 is 14.8 Å². The Bertz CT molecular complexity index is 1090. The molecule has 0 radical (unpaired) electrons. The van der Waals surface area contributed by atoms with E-state index in [1.54, 1.807) is 36.4 Å². The lowest BCUT2D eigenvalue weighted by atomic mass is 10.1. The lowest BCUT2D eigenvalue weighted by Crippen LogP contribution is -2.36. The second kappa shape index (κ2) is 10.8. The normalized spacial score (nSPS) is 14.8. The molecule has 3 rings (SSSR count). The highest BCUT2D eigenvalue weighted by atomic mass is 35.5. The number of hydrogen-bond acceptors (Lipinski definition) is 6. The van der Waals surface area contributed by atoms with Crippen LogP contribution in [0.1, 0.15) is 19.4 Å². The summed E-state index contributed by atoms with van der Waals surface area (Å²) in [4.78, 5) is 38.5. The highest BCUT2D eigenvalue weighted by Crippen LogP contribution is 2.39. The van der Waals surface area contributed by atoms with Crippen LogP contribution in [0.25, 0.3) is 6.08 Å². The van der Waals surface area contributed by atoms with Gasteiger partial charge in [0.1, 0.15) is 6.54 Å². The highest BCUT2D eigenvalue weighted by Gasteiger charge is 2.36. The van der Waals surface area contributed by atoms with Crippen molar-refractivity contribution < 1.29 is 23.9 Å². The van der Waals surface area contributed by atoms with Crippen LogP contribution in [0.2, 0.25) is 10.0 Å². The van der Waals surface area contributed by atoms with Crippen molar-refractivity contribution in [3.05, 3.63) is 56.9 Å². The van der Waals surface area contributed by atoms with Crippen molar-refractivity contribution in [1.82, 2.24) is 4.90 Å². The molecule has 1 aliphatic rings. The Kier molecular flexibility index (Phi) is 8.06. The molecule has 0 atom stereocenters. The van der Waals surface area contributed by atoms with Crippen molar-refractivity contribution in [2.45, 2.75) is 13.8 Å². The molecule has 3 amide bonds. The molecule has 0 spiro atoms. The van der Waals surface area contributed by atoms with Crippen LogP contribution in [0.5, 0.6) is 11.5 Å². The van der Waals surface area contributed by atoms with E-state index in [1.165, 1.54) is 6.08 Å².